The Balaban J connectivity index is 0.000000385. The van der Waals surface area contributed by atoms with Gasteiger partial charge in [-0.2, -0.15) is 0 Å². The number of hydrogen-bond acceptors (Lipinski definition) is 5. The van der Waals surface area contributed by atoms with Crippen LogP contribution in [0.25, 0.3) is 11.0 Å². The minimum Gasteiger partial charge on any atom is -0.450 e. The van der Waals surface area contributed by atoms with Crippen LogP contribution in [0.3, 0.4) is 0 Å². The molecule has 1 saturated heterocycles. The van der Waals surface area contributed by atoms with E-state index < -0.39 is 6.16 Å². The molecule has 3 N–H and O–H groups in total. The molecule has 9 heteroatoms. The predicted octanol–water partition coefficient (Wildman–Crippen LogP) is 1.77. The fourth-order valence-corrected chi connectivity index (χ4v) is 3.74. The van der Waals surface area contributed by atoms with E-state index in [4.69, 9.17) is 15.0 Å². The highest BCUT2D eigenvalue weighted by Gasteiger charge is 2.55. The quantitative estimate of drug-likeness (QED) is 0.747. The van der Waals surface area contributed by atoms with Crippen molar-refractivity contribution in [1.82, 2.24) is 19.9 Å². The maximum atomic E-state index is 12.5. The summed E-state index contributed by atoms with van der Waals surface area (Å²) >= 11 is 0. The van der Waals surface area contributed by atoms with Gasteiger partial charge in [-0.15, -0.1) is 0 Å². The lowest BCUT2D eigenvalue weighted by molar-refractivity contribution is -0.136. The Morgan fingerprint density at radius 3 is 2.58 bits per heavy atom. The number of rotatable bonds is 2. The fourth-order valence-electron chi connectivity index (χ4n) is 3.74. The molecule has 2 aliphatic carbocycles. The van der Waals surface area contributed by atoms with Crippen molar-refractivity contribution in [1.29, 1.82) is 0 Å². The van der Waals surface area contributed by atoms with E-state index >= 15 is 0 Å². The molecule has 9 nitrogen and oxygen atoms in total. The molecule has 0 radical (unpaired) electrons. The van der Waals surface area contributed by atoms with Gasteiger partial charge >= 0.3 is 6.16 Å². The Labute approximate surface area is 149 Å². The van der Waals surface area contributed by atoms with Gasteiger partial charge in [0.1, 0.15) is 17.8 Å². The number of piperazine rings is 1. The van der Waals surface area contributed by atoms with Gasteiger partial charge in [0.05, 0.1) is 10.9 Å². The molecule has 0 bridgehead atoms. The molecular formula is C17H21N5O4. The summed E-state index contributed by atoms with van der Waals surface area (Å²) in [5.74, 6) is 1.71. The van der Waals surface area contributed by atoms with E-state index in [0.717, 1.165) is 62.2 Å². The molecule has 0 unspecified atom stereocenters. The van der Waals surface area contributed by atoms with Crippen molar-refractivity contribution in [2.45, 2.75) is 31.2 Å². The second-order valence-corrected chi connectivity index (χ2v) is 7.13. The molecule has 1 aliphatic heterocycles. The molecule has 3 heterocycles. The lowest BCUT2D eigenvalue weighted by Gasteiger charge is -2.43. The molecule has 1 amide bonds. The second-order valence-electron chi connectivity index (χ2n) is 7.13. The van der Waals surface area contributed by atoms with Gasteiger partial charge in [0.2, 0.25) is 5.91 Å². The third kappa shape index (κ3) is 3.04. The average Bonchev–Trinajstić information content (AvgIpc) is 3.53. The third-order valence-electron chi connectivity index (χ3n) is 5.30. The molecule has 2 saturated carbocycles. The molecule has 1 spiro atoms. The minimum atomic E-state index is -1.83. The zero-order chi connectivity index (χ0) is 18.3. The molecule has 5 rings (SSSR count). The van der Waals surface area contributed by atoms with Crippen LogP contribution in [0.4, 0.5) is 10.6 Å². The summed E-state index contributed by atoms with van der Waals surface area (Å²) < 4.78 is 0. The van der Waals surface area contributed by atoms with Crippen molar-refractivity contribution < 1.29 is 19.8 Å². The van der Waals surface area contributed by atoms with Crippen molar-refractivity contribution in [3.63, 3.8) is 0 Å². The van der Waals surface area contributed by atoms with Crippen LogP contribution in [0.5, 0.6) is 0 Å². The van der Waals surface area contributed by atoms with E-state index in [1.165, 1.54) is 0 Å². The number of carbonyl (C=O) groups is 2. The zero-order valence-electron chi connectivity index (χ0n) is 14.3. The highest BCUT2D eigenvalue weighted by molar-refractivity contribution is 5.88. The number of aromatic amines is 1. The van der Waals surface area contributed by atoms with Gasteiger partial charge in [0.15, 0.2) is 0 Å². The van der Waals surface area contributed by atoms with Gasteiger partial charge in [-0.1, -0.05) is 0 Å². The van der Waals surface area contributed by atoms with Gasteiger partial charge in [0, 0.05) is 31.7 Å². The minimum absolute atomic E-state index is 0.0749. The Bertz CT molecular complexity index is 839. The lowest BCUT2D eigenvalue weighted by Crippen LogP contribution is -2.57. The van der Waals surface area contributed by atoms with Crippen LogP contribution in [-0.2, 0) is 4.79 Å². The number of fused-ring (bicyclic) bond motifs is 1. The SMILES string of the molecule is O=C(C1CC1)N1CCN(c2ncnc3[nH]ccc23)CC12CC2.O=C(O)O. The van der Waals surface area contributed by atoms with Crippen LogP contribution in [0.15, 0.2) is 18.6 Å². The Morgan fingerprint density at radius 2 is 1.92 bits per heavy atom. The normalized spacial score (nSPS) is 20.6. The van der Waals surface area contributed by atoms with Gasteiger partial charge in [-0.3, -0.25) is 4.79 Å². The summed E-state index contributed by atoms with van der Waals surface area (Å²) in [6, 6.07) is 2.03. The second kappa shape index (κ2) is 6.15. The summed E-state index contributed by atoms with van der Waals surface area (Å²) in [4.78, 5) is 37.5. The Hall–Kier alpha value is -2.84. The number of aromatic nitrogens is 3. The molecule has 26 heavy (non-hydrogen) atoms. The number of carboxylic acid groups (broad SMARTS) is 2. The van der Waals surface area contributed by atoms with Crippen LogP contribution in [0.2, 0.25) is 0 Å². The first-order valence-corrected chi connectivity index (χ1v) is 8.77. The number of anilines is 1. The summed E-state index contributed by atoms with van der Waals surface area (Å²) in [5.41, 5.74) is 0.956. The average molecular weight is 359 g/mol. The number of amides is 1. The first-order valence-electron chi connectivity index (χ1n) is 8.77. The van der Waals surface area contributed by atoms with E-state index in [9.17, 15) is 4.79 Å². The smallest absolute Gasteiger partial charge is 0.450 e. The van der Waals surface area contributed by atoms with Crippen molar-refractivity contribution >= 4 is 28.9 Å². The molecule has 3 fully saturated rings. The summed E-state index contributed by atoms with van der Waals surface area (Å²) in [7, 11) is 0. The van der Waals surface area contributed by atoms with Gasteiger partial charge in [-0.25, -0.2) is 14.8 Å². The van der Waals surface area contributed by atoms with Gasteiger partial charge in [0.25, 0.3) is 0 Å². The van der Waals surface area contributed by atoms with Gasteiger partial charge < -0.3 is 25.0 Å². The first-order chi connectivity index (χ1) is 12.5. The first kappa shape index (κ1) is 16.6. The summed E-state index contributed by atoms with van der Waals surface area (Å²) in [6.45, 7) is 2.59. The monoisotopic (exact) mass is 359 g/mol. The van der Waals surface area contributed by atoms with E-state index in [1.807, 2.05) is 12.3 Å². The summed E-state index contributed by atoms with van der Waals surface area (Å²) in [5, 5.41) is 15.0. The highest BCUT2D eigenvalue weighted by atomic mass is 16.6. The van der Waals surface area contributed by atoms with Crippen LogP contribution in [0, 0.1) is 5.92 Å². The molecule has 0 atom stereocenters. The van der Waals surface area contributed by atoms with E-state index in [2.05, 4.69) is 24.8 Å². The van der Waals surface area contributed by atoms with E-state index in [-0.39, 0.29) is 5.54 Å². The Morgan fingerprint density at radius 1 is 1.19 bits per heavy atom. The van der Waals surface area contributed by atoms with Crippen LogP contribution >= 0.6 is 0 Å². The number of nitrogens with zero attached hydrogens (tertiary/aromatic N) is 4. The maximum Gasteiger partial charge on any atom is 0.503 e. The molecule has 0 aromatic carbocycles. The van der Waals surface area contributed by atoms with Crippen LogP contribution < -0.4 is 4.90 Å². The molecular weight excluding hydrogens is 338 g/mol. The van der Waals surface area contributed by atoms with Crippen LogP contribution in [-0.4, -0.2) is 67.3 Å². The molecule has 3 aliphatic rings. The van der Waals surface area contributed by atoms with E-state index in [0.29, 0.717) is 11.8 Å². The fraction of sp³-hybridized carbons (Fsp3) is 0.529. The largest absolute Gasteiger partial charge is 0.503 e. The standard InChI is InChI=1S/C16H19N5O.CH2O3/c22-15(11-1-2-11)21-8-7-20(9-16(21)4-5-16)14-12-3-6-17-13(12)18-10-19-14;2-1(3)4/h3,6,10-11H,1-2,4-5,7-9H2,(H,17,18,19);(H2,2,3,4). The maximum absolute atomic E-state index is 12.5. The number of hydrogen-bond donors (Lipinski definition) is 3. The predicted molar refractivity (Wildman–Crippen MR) is 93.2 cm³/mol. The lowest BCUT2D eigenvalue weighted by atomic mass is 10.1. The number of H-pyrrole nitrogens is 1. The number of nitrogens with one attached hydrogen (secondary N) is 1. The highest BCUT2D eigenvalue weighted by Crippen LogP contribution is 2.47. The topological polar surface area (TPSA) is 123 Å². The zero-order valence-corrected chi connectivity index (χ0v) is 14.3. The molecule has 138 valence electrons. The number of carbonyl (C=O) groups excluding carboxylic acids is 1. The molecule has 2 aromatic heterocycles. The Kier molecular flexibility index (Phi) is 3.93. The van der Waals surface area contributed by atoms with Crippen molar-refractivity contribution in [2.75, 3.05) is 24.5 Å². The van der Waals surface area contributed by atoms with Crippen molar-refractivity contribution in [3.8, 4) is 0 Å². The van der Waals surface area contributed by atoms with Crippen LogP contribution in [0.1, 0.15) is 25.7 Å². The van der Waals surface area contributed by atoms with E-state index in [1.54, 1.807) is 6.33 Å². The summed E-state index contributed by atoms with van der Waals surface area (Å²) in [6.07, 6.45) is 6.13. The third-order valence-corrected chi connectivity index (χ3v) is 5.30. The van der Waals surface area contributed by atoms with Crippen molar-refractivity contribution in [2.24, 2.45) is 5.92 Å². The van der Waals surface area contributed by atoms with Crippen molar-refractivity contribution in [3.05, 3.63) is 18.6 Å². The molecule has 2 aromatic rings. The van der Waals surface area contributed by atoms with Gasteiger partial charge in [-0.05, 0) is 31.7 Å².